The predicted molar refractivity (Wildman–Crippen MR) is 75.7 cm³/mol. The molecule has 0 aliphatic rings. The fourth-order valence-corrected chi connectivity index (χ4v) is 2.17. The minimum atomic E-state index is 0.148. The summed E-state index contributed by atoms with van der Waals surface area (Å²) in [6, 6.07) is 10.2. The molecule has 0 aromatic heterocycles. The number of hydrogen-bond donors (Lipinski definition) is 0. The molecule has 106 valence electrons. The average molecular weight is 264 g/mol. The Morgan fingerprint density at radius 2 is 1.95 bits per heavy atom. The summed E-state index contributed by atoms with van der Waals surface area (Å²) in [4.78, 5) is 10.3. The Kier molecular flexibility index (Phi) is 7.91. The van der Waals surface area contributed by atoms with E-state index in [0.29, 0.717) is 19.7 Å². The first-order chi connectivity index (χ1) is 9.31. The Balaban J connectivity index is 2.52. The Labute approximate surface area is 115 Å². The summed E-state index contributed by atoms with van der Waals surface area (Å²) in [7, 11) is 0. The molecular weight excluding hydrogens is 240 g/mol. The van der Waals surface area contributed by atoms with Crippen molar-refractivity contribution in [3.63, 3.8) is 0 Å². The van der Waals surface area contributed by atoms with Crippen molar-refractivity contribution in [2.24, 2.45) is 5.92 Å². The minimum absolute atomic E-state index is 0.148. The summed E-state index contributed by atoms with van der Waals surface area (Å²) in [5.74, 6) is 0.272. The number of benzene rings is 1. The molecule has 2 unspecified atom stereocenters. The average Bonchev–Trinajstić information content (AvgIpc) is 2.46. The van der Waals surface area contributed by atoms with Gasteiger partial charge in [0.1, 0.15) is 0 Å². The third kappa shape index (κ3) is 5.88. The van der Waals surface area contributed by atoms with Crippen LogP contribution in [-0.2, 0) is 20.9 Å². The molecule has 0 aliphatic carbocycles. The lowest BCUT2D eigenvalue weighted by atomic mass is 9.96. The highest BCUT2D eigenvalue weighted by molar-refractivity contribution is 5.36. The monoisotopic (exact) mass is 264 g/mol. The highest BCUT2D eigenvalue weighted by atomic mass is 16.5. The van der Waals surface area contributed by atoms with Crippen LogP contribution in [0.1, 0.15) is 38.7 Å². The van der Waals surface area contributed by atoms with Gasteiger partial charge in [-0.3, -0.25) is 4.79 Å². The van der Waals surface area contributed by atoms with E-state index in [1.54, 1.807) is 0 Å². The van der Waals surface area contributed by atoms with Crippen LogP contribution in [0.3, 0.4) is 0 Å². The molecule has 0 saturated carbocycles. The van der Waals surface area contributed by atoms with Crippen molar-refractivity contribution in [2.45, 2.75) is 45.8 Å². The second-order valence-corrected chi connectivity index (χ2v) is 4.72. The Bertz CT molecular complexity index is 337. The summed E-state index contributed by atoms with van der Waals surface area (Å²) >= 11 is 0. The van der Waals surface area contributed by atoms with Gasteiger partial charge in [-0.05, 0) is 18.4 Å². The van der Waals surface area contributed by atoms with E-state index in [-0.39, 0.29) is 12.0 Å². The molecule has 0 fully saturated rings. The number of rotatable bonds is 10. The van der Waals surface area contributed by atoms with E-state index in [0.717, 1.165) is 19.3 Å². The van der Waals surface area contributed by atoms with Crippen LogP contribution in [0.4, 0.5) is 0 Å². The van der Waals surface area contributed by atoms with Gasteiger partial charge in [0.15, 0.2) is 0 Å². The maximum Gasteiger partial charge on any atom is 0.293 e. The zero-order valence-electron chi connectivity index (χ0n) is 11.9. The highest BCUT2D eigenvalue weighted by Gasteiger charge is 2.20. The van der Waals surface area contributed by atoms with Crippen molar-refractivity contribution in [1.82, 2.24) is 0 Å². The van der Waals surface area contributed by atoms with Crippen LogP contribution in [-0.4, -0.2) is 19.2 Å². The maximum atomic E-state index is 10.3. The van der Waals surface area contributed by atoms with Gasteiger partial charge in [-0.15, -0.1) is 0 Å². The normalized spacial score (nSPS) is 13.8. The molecule has 1 rings (SSSR count). The van der Waals surface area contributed by atoms with Crippen LogP contribution < -0.4 is 0 Å². The smallest absolute Gasteiger partial charge is 0.293 e. The van der Waals surface area contributed by atoms with E-state index < -0.39 is 0 Å². The molecule has 0 spiro atoms. The fourth-order valence-electron chi connectivity index (χ4n) is 2.17. The van der Waals surface area contributed by atoms with Crippen LogP contribution in [0.2, 0.25) is 0 Å². The standard InChI is InChI=1S/C16H24O3/c1-3-8-16(15(4-2)12-18-13-17)19-11-14-9-6-5-7-10-14/h5-7,9-10,13,15-16H,3-4,8,11-12H2,1-2H3. The first-order valence-electron chi connectivity index (χ1n) is 7.02. The van der Waals surface area contributed by atoms with Gasteiger partial charge in [0.2, 0.25) is 0 Å². The van der Waals surface area contributed by atoms with Gasteiger partial charge < -0.3 is 9.47 Å². The quantitative estimate of drug-likeness (QED) is 0.606. The molecular formula is C16H24O3. The molecule has 0 saturated heterocycles. The van der Waals surface area contributed by atoms with Gasteiger partial charge in [0.05, 0.1) is 19.3 Å². The minimum Gasteiger partial charge on any atom is -0.468 e. The number of carbonyl (C=O) groups excluding carboxylic acids is 1. The summed E-state index contributed by atoms with van der Waals surface area (Å²) in [5.41, 5.74) is 1.18. The molecule has 0 N–H and O–H groups in total. The maximum absolute atomic E-state index is 10.3. The van der Waals surface area contributed by atoms with Gasteiger partial charge in [-0.1, -0.05) is 50.6 Å². The van der Waals surface area contributed by atoms with Crippen LogP contribution >= 0.6 is 0 Å². The summed E-state index contributed by atoms with van der Waals surface area (Å²) < 4.78 is 10.9. The molecule has 0 aliphatic heterocycles. The number of ether oxygens (including phenoxy) is 2. The Morgan fingerprint density at radius 1 is 1.21 bits per heavy atom. The third-order valence-electron chi connectivity index (χ3n) is 3.31. The molecule has 0 amide bonds. The third-order valence-corrected chi connectivity index (χ3v) is 3.31. The van der Waals surface area contributed by atoms with E-state index in [2.05, 4.69) is 26.0 Å². The molecule has 1 aromatic rings. The van der Waals surface area contributed by atoms with Gasteiger partial charge in [0.25, 0.3) is 6.47 Å². The van der Waals surface area contributed by atoms with E-state index in [9.17, 15) is 4.79 Å². The Hall–Kier alpha value is -1.35. The molecule has 19 heavy (non-hydrogen) atoms. The Morgan fingerprint density at radius 3 is 2.53 bits per heavy atom. The van der Waals surface area contributed by atoms with Gasteiger partial charge in [-0.25, -0.2) is 0 Å². The first kappa shape index (κ1) is 15.7. The van der Waals surface area contributed by atoms with Gasteiger partial charge in [-0.2, -0.15) is 0 Å². The fraction of sp³-hybridized carbons (Fsp3) is 0.562. The SMILES string of the molecule is CCCC(OCc1ccccc1)C(CC)COC=O. The van der Waals surface area contributed by atoms with Crippen LogP contribution in [0.25, 0.3) is 0 Å². The molecule has 0 heterocycles. The first-order valence-corrected chi connectivity index (χ1v) is 7.02. The van der Waals surface area contributed by atoms with Gasteiger partial charge >= 0.3 is 0 Å². The largest absolute Gasteiger partial charge is 0.468 e. The molecule has 2 atom stereocenters. The van der Waals surface area contributed by atoms with Crippen molar-refractivity contribution >= 4 is 6.47 Å². The van der Waals surface area contributed by atoms with E-state index >= 15 is 0 Å². The summed E-state index contributed by atoms with van der Waals surface area (Å²) in [6.07, 6.45) is 3.16. The second kappa shape index (κ2) is 9.56. The van der Waals surface area contributed by atoms with E-state index in [1.165, 1.54) is 5.56 Å². The zero-order valence-corrected chi connectivity index (χ0v) is 11.9. The molecule has 0 bridgehead atoms. The van der Waals surface area contributed by atoms with E-state index in [4.69, 9.17) is 9.47 Å². The summed E-state index contributed by atoms with van der Waals surface area (Å²) in [6.45, 7) is 5.82. The topological polar surface area (TPSA) is 35.5 Å². The van der Waals surface area contributed by atoms with Crippen LogP contribution in [0.5, 0.6) is 0 Å². The van der Waals surface area contributed by atoms with Crippen molar-refractivity contribution in [3.8, 4) is 0 Å². The highest BCUT2D eigenvalue weighted by Crippen LogP contribution is 2.19. The van der Waals surface area contributed by atoms with Crippen molar-refractivity contribution < 1.29 is 14.3 Å². The number of hydrogen-bond acceptors (Lipinski definition) is 3. The second-order valence-electron chi connectivity index (χ2n) is 4.72. The lowest BCUT2D eigenvalue weighted by molar-refractivity contribution is -0.132. The summed E-state index contributed by atoms with van der Waals surface area (Å²) in [5, 5.41) is 0. The molecule has 3 heteroatoms. The number of carbonyl (C=O) groups is 1. The van der Waals surface area contributed by atoms with Crippen molar-refractivity contribution in [3.05, 3.63) is 35.9 Å². The van der Waals surface area contributed by atoms with Crippen molar-refractivity contribution in [1.29, 1.82) is 0 Å². The molecule has 3 nitrogen and oxygen atoms in total. The van der Waals surface area contributed by atoms with Crippen molar-refractivity contribution in [2.75, 3.05) is 6.61 Å². The molecule has 0 radical (unpaired) electrons. The van der Waals surface area contributed by atoms with Gasteiger partial charge in [0, 0.05) is 5.92 Å². The molecule has 1 aromatic carbocycles. The zero-order chi connectivity index (χ0) is 13.9. The lowest BCUT2D eigenvalue weighted by Crippen LogP contribution is -2.27. The van der Waals surface area contributed by atoms with Crippen LogP contribution in [0, 0.1) is 5.92 Å². The van der Waals surface area contributed by atoms with E-state index in [1.807, 2.05) is 18.2 Å². The predicted octanol–water partition coefficient (Wildman–Crippen LogP) is 3.57. The van der Waals surface area contributed by atoms with Crippen LogP contribution in [0.15, 0.2) is 30.3 Å². The lowest BCUT2D eigenvalue weighted by Gasteiger charge is -2.25.